The van der Waals surface area contributed by atoms with Crippen molar-refractivity contribution in [3.8, 4) is 0 Å². The van der Waals surface area contributed by atoms with Gasteiger partial charge in [0.2, 0.25) is 5.79 Å². The number of hydrogen-bond acceptors (Lipinski definition) is 9. The molecule has 0 heterocycles. The van der Waals surface area contributed by atoms with Gasteiger partial charge < -0.3 is 30.3 Å². The van der Waals surface area contributed by atoms with E-state index in [1.165, 1.54) is 0 Å². The van der Waals surface area contributed by atoms with Gasteiger partial charge in [-0.2, -0.15) is 8.42 Å². The zero-order chi connectivity index (χ0) is 13.9. The van der Waals surface area contributed by atoms with Gasteiger partial charge in [0.25, 0.3) is 0 Å². The third kappa shape index (κ3) is 5.01. The molecule has 0 unspecified atom stereocenters. The largest absolute Gasteiger partial charge is 0.397 e. The summed E-state index contributed by atoms with van der Waals surface area (Å²) >= 11 is 0. The Hall–Kier alpha value is -0.660. The van der Waals surface area contributed by atoms with Gasteiger partial charge in [-0.25, -0.2) is 4.18 Å². The number of aldehydes is 1. The standard InChI is InChI=1S/C6H12O10S/c7-1-4(9)6(11,12)5(10)3(8)2-16-17(13,14)15/h1,3-5,8-12H,2H2,(H,13,14,15)/t3-,4+,5+/m1/s1. The molecule has 0 aliphatic carbocycles. The van der Waals surface area contributed by atoms with Gasteiger partial charge in [0.15, 0.2) is 12.4 Å². The van der Waals surface area contributed by atoms with Gasteiger partial charge in [-0.15, -0.1) is 0 Å². The van der Waals surface area contributed by atoms with Crippen LogP contribution in [0.2, 0.25) is 0 Å². The highest BCUT2D eigenvalue weighted by Gasteiger charge is 2.44. The van der Waals surface area contributed by atoms with Crippen molar-refractivity contribution in [2.75, 3.05) is 6.61 Å². The highest BCUT2D eigenvalue weighted by atomic mass is 32.3. The van der Waals surface area contributed by atoms with Crippen molar-refractivity contribution in [2.24, 2.45) is 0 Å². The summed E-state index contributed by atoms with van der Waals surface area (Å²) in [5, 5.41) is 45.1. The normalized spacial score (nSPS) is 18.5. The lowest BCUT2D eigenvalue weighted by Gasteiger charge is -2.31. The zero-order valence-corrected chi connectivity index (χ0v) is 9.06. The summed E-state index contributed by atoms with van der Waals surface area (Å²) in [6.07, 6.45) is -7.46. The van der Waals surface area contributed by atoms with Gasteiger partial charge in [0, 0.05) is 0 Å². The lowest BCUT2D eigenvalue weighted by molar-refractivity contribution is -0.283. The maximum absolute atomic E-state index is 10.1. The maximum Gasteiger partial charge on any atom is 0.397 e. The van der Waals surface area contributed by atoms with E-state index in [9.17, 15) is 13.2 Å². The molecule has 0 spiro atoms. The molecule has 0 saturated heterocycles. The van der Waals surface area contributed by atoms with E-state index in [1.54, 1.807) is 0 Å². The molecule has 10 nitrogen and oxygen atoms in total. The third-order valence-corrected chi connectivity index (χ3v) is 2.19. The quantitative estimate of drug-likeness (QED) is 0.151. The highest BCUT2D eigenvalue weighted by molar-refractivity contribution is 7.80. The molecule has 0 aromatic rings. The summed E-state index contributed by atoms with van der Waals surface area (Å²) in [5.41, 5.74) is 0. The lowest BCUT2D eigenvalue weighted by Crippen LogP contribution is -2.58. The van der Waals surface area contributed by atoms with Crippen LogP contribution in [0.1, 0.15) is 0 Å². The molecule has 6 N–H and O–H groups in total. The Bertz CT molecular complexity index is 348. The van der Waals surface area contributed by atoms with E-state index in [0.29, 0.717) is 0 Å². The van der Waals surface area contributed by atoms with E-state index >= 15 is 0 Å². The van der Waals surface area contributed by atoms with Gasteiger partial charge in [0.05, 0.1) is 6.61 Å². The summed E-state index contributed by atoms with van der Waals surface area (Å²) in [5.74, 6) is -3.40. The van der Waals surface area contributed by atoms with Crippen LogP contribution in [0.15, 0.2) is 0 Å². The van der Waals surface area contributed by atoms with Crippen LogP contribution in [-0.2, 0) is 19.4 Å². The molecule has 102 valence electrons. The second-order valence-electron chi connectivity index (χ2n) is 3.09. The third-order valence-electron chi connectivity index (χ3n) is 1.75. The molecule has 0 saturated carbocycles. The SMILES string of the molecule is O=C[C@H](O)C(O)(O)[C@@H](O)[C@H](O)COS(=O)(=O)O. The number of hydrogen-bond donors (Lipinski definition) is 6. The molecule has 0 aromatic carbocycles. The fourth-order valence-corrected chi connectivity index (χ4v) is 1.12. The molecule has 0 fully saturated rings. The summed E-state index contributed by atoms with van der Waals surface area (Å²) in [6, 6.07) is 0. The number of aliphatic hydroxyl groups is 5. The predicted octanol–water partition coefficient (Wildman–Crippen LogP) is -4.23. The van der Waals surface area contributed by atoms with E-state index in [1.807, 2.05) is 0 Å². The molecule has 0 aliphatic rings. The maximum atomic E-state index is 10.1. The zero-order valence-electron chi connectivity index (χ0n) is 8.24. The molecule has 0 rings (SSSR count). The molecule has 11 heteroatoms. The smallest absolute Gasteiger partial charge is 0.388 e. The second kappa shape index (κ2) is 5.79. The van der Waals surface area contributed by atoms with Crippen LogP contribution in [0.25, 0.3) is 0 Å². The number of carbonyl (C=O) groups is 1. The molecule has 0 amide bonds. The van der Waals surface area contributed by atoms with Gasteiger partial charge >= 0.3 is 10.4 Å². The molecule has 3 atom stereocenters. The Balaban J connectivity index is 4.59. The first-order chi connectivity index (χ1) is 7.52. The average molecular weight is 276 g/mol. The van der Waals surface area contributed by atoms with Gasteiger partial charge in [-0.05, 0) is 0 Å². The van der Waals surface area contributed by atoms with Crippen molar-refractivity contribution in [3.05, 3.63) is 0 Å². The molecule has 0 aliphatic heterocycles. The monoisotopic (exact) mass is 276 g/mol. The van der Waals surface area contributed by atoms with Crippen molar-refractivity contribution in [3.63, 3.8) is 0 Å². The molecule has 17 heavy (non-hydrogen) atoms. The highest BCUT2D eigenvalue weighted by Crippen LogP contribution is 2.15. The number of rotatable bonds is 7. The Labute approximate surface area is 95.6 Å². The number of aliphatic hydroxyl groups excluding tert-OH is 3. The fraction of sp³-hybridized carbons (Fsp3) is 0.833. The Morgan fingerprint density at radius 1 is 1.24 bits per heavy atom. The summed E-state index contributed by atoms with van der Waals surface area (Å²) in [4.78, 5) is 10.1. The van der Waals surface area contributed by atoms with E-state index in [0.717, 1.165) is 0 Å². The van der Waals surface area contributed by atoms with Crippen molar-refractivity contribution < 1.29 is 47.5 Å². The van der Waals surface area contributed by atoms with Crippen LogP contribution in [0.3, 0.4) is 0 Å². The van der Waals surface area contributed by atoms with Crippen LogP contribution in [-0.4, -0.2) is 75.5 Å². The lowest BCUT2D eigenvalue weighted by atomic mass is 10.00. The van der Waals surface area contributed by atoms with E-state index in [2.05, 4.69) is 4.18 Å². The summed E-state index contributed by atoms with van der Waals surface area (Å²) in [6.45, 7) is -1.21. The summed E-state index contributed by atoms with van der Waals surface area (Å²) in [7, 11) is -4.89. The molecular weight excluding hydrogens is 264 g/mol. The van der Waals surface area contributed by atoms with Crippen LogP contribution in [0.4, 0.5) is 0 Å². The van der Waals surface area contributed by atoms with E-state index in [4.69, 9.17) is 30.1 Å². The Kier molecular flexibility index (Phi) is 5.57. The summed E-state index contributed by atoms with van der Waals surface area (Å²) < 4.78 is 32.0. The van der Waals surface area contributed by atoms with E-state index < -0.39 is 41.1 Å². The van der Waals surface area contributed by atoms with Crippen LogP contribution < -0.4 is 0 Å². The minimum atomic E-state index is -4.89. The van der Waals surface area contributed by atoms with Gasteiger partial charge in [-0.3, -0.25) is 4.55 Å². The predicted molar refractivity (Wildman–Crippen MR) is 48.8 cm³/mol. The molecule has 0 bridgehead atoms. The van der Waals surface area contributed by atoms with Gasteiger partial charge in [0.1, 0.15) is 12.2 Å². The Morgan fingerprint density at radius 3 is 2.06 bits per heavy atom. The fourth-order valence-electron chi connectivity index (χ4n) is 0.805. The average Bonchev–Trinajstić information content (AvgIpc) is 2.22. The van der Waals surface area contributed by atoms with Crippen LogP contribution in [0.5, 0.6) is 0 Å². The number of carbonyl (C=O) groups excluding carboxylic acids is 1. The first-order valence-electron chi connectivity index (χ1n) is 4.08. The van der Waals surface area contributed by atoms with Crippen molar-refractivity contribution >= 4 is 16.7 Å². The topological polar surface area (TPSA) is 182 Å². The van der Waals surface area contributed by atoms with Gasteiger partial charge in [-0.1, -0.05) is 0 Å². The minimum Gasteiger partial charge on any atom is -0.388 e. The van der Waals surface area contributed by atoms with Crippen molar-refractivity contribution in [2.45, 2.75) is 24.1 Å². The first kappa shape index (κ1) is 16.3. The van der Waals surface area contributed by atoms with E-state index in [-0.39, 0.29) is 6.29 Å². The molecule has 0 radical (unpaired) electrons. The van der Waals surface area contributed by atoms with Crippen LogP contribution in [0, 0.1) is 0 Å². The molecule has 0 aromatic heterocycles. The van der Waals surface area contributed by atoms with Crippen molar-refractivity contribution in [1.29, 1.82) is 0 Å². The minimum absolute atomic E-state index is 0.320. The second-order valence-corrected chi connectivity index (χ2v) is 4.18. The van der Waals surface area contributed by atoms with Crippen molar-refractivity contribution in [1.82, 2.24) is 0 Å². The first-order valence-corrected chi connectivity index (χ1v) is 5.45. The molecular formula is C6H12O10S. The van der Waals surface area contributed by atoms with Crippen LogP contribution >= 0.6 is 0 Å². The Morgan fingerprint density at radius 2 is 1.71 bits per heavy atom.